The number of carboxylic acid groups (broad SMARTS) is 1. The first kappa shape index (κ1) is 14.2. The van der Waals surface area contributed by atoms with Crippen LogP contribution in [0.5, 0.6) is 0 Å². The standard InChI is InChI=1S/C12H13N3O4S2/c1-7-10(6-13-14-7)21(18,19)15-4-2-9-8(3-5-20-9)11(15)12(16)17/h3,5-6,11H,2,4H2,1H3,(H,13,14)(H,16,17). The first-order valence-corrected chi connectivity index (χ1v) is 8.56. The monoisotopic (exact) mass is 327 g/mol. The Kier molecular flexibility index (Phi) is 3.34. The van der Waals surface area contributed by atoms with Gasteiger partial charge in [-0.15, -0.1) is 11.3 Å². The smallest absolute Gasteiger partial charge is 0.326 e. The van der Waals surface area contributed by atoms with Gasteiger partial charge in [-0.05, 0) is 30.4 Å². The van der Waals surface area contributed by atoms with Crippen molar-refractivity contribution in [3.05, 3.63) is 33.8 Å². The van der Waals surface area contributed by atoms with E-state index in [1.165, 1.54) is 17.5 Å². The molecule has 3 heterocycles. The molecular weight excluding hydrogens is 314 g/mol. The van der Waals surface area contributed by atoms with E-state index >= 15 is 0 Å². The number of H-pyrrole nitrogens is 1. The Balaban J connectivity index is 2.10. The van der Waals surface area contributed by atoms with Gasteiger partial charge < -0.3 is 5.11 Å². The fraction of sp³-hybridized carbons (Fsp3) is 0.333. The lowest BCUT2D eigenvalue weighted by Gasteiger charge is -2.31. The molecule has 0 fully saturated rings. The molecule has 0 aliphatic carbocycles. The van der Waals surface area contributed by atoms with Crippen LogP contribution in [0.1, 0.15) is 22.2 Å². The summed E-state index contributed by atoms with van der Waals surface area (Å²) >= 11 is 1.46. The largest absolute Gasteiger partial charge is 0.480 e. The predicted molar refractivity (Wildman–Crippen MR) is 75.6 cm³/mol. The Hall–Kier alpha value is -1.71. The van der Waals surface area contributed by atoms with Gasteiger partial charge in [0.25, 0.3) is 0 Å². The molecule has 2 N–H and O–H groups in total. The molecule has 1 unspecified atom stereocenters. The third-order valence-corrected chi connectivity index (χ3v) is 6.50. The number of aliphatic carboxylic acids is 1. The lowest BCUT2D eigenvalue weighted by molar-refractivity contribution is -0.142. The van der Waals surface area contributed by atoms with Gasteiger partial charge in [-0.1, -0.05) is 0 Å². The van der Waals surface area contributed by atoms with Crippen LogP contribution in [0.25, 0.3) is 0 Å². The van der Waals surface area contributed by atoms with Crippen molar-refractivity contribution in [3.63, 3.8) is 0 Å². The number of sulfonamides is 1. The number of nitrogens with zero attached hydrogens (tertiary/aromatic N) is 2. The van der Waals surface area contributed by atoms with Crippen LogP contribution in [0, 0.1) is 6.92 Å². The molecular formula is C12H13N3O4S2. The first-order valence-electron chi connectivity index (χ1n) is 6.24. The number of aryl methyl sites for hydroxylation is 1. The number of fused-ring (bicyclic) bond motifs is 1. The van der Waals surface area contributed by atoms with Crippen LogP contribution in [0.15, 0.2) is 22.5 Å². The summed E-state index contributed by atoms with van der Waals surface area (Å²) < 4.78 is 26.5. The Morgan fingerprint density at radius 1 is 1.57 bits per heavy atom. The van der Waals surface area contributed by atoms with E-state index in [-0.39, 0.29) is 11.4 Å². The third kappa shape index (κ3) is 2.17. The van der Waals surface area contributed by atoms with Gasteiger partial charge in [-0.25, -0.2) is 8.42 Å². The maximum absolute atomic E-state index is 12.7. The molecule has 1 aliphatic rings. The van der Waals surface area contributed by atoms with Crippen LogP contribution in [-0.2, 0) is 21.2 Å². The van der Waals surface area contributed by atoms with E-state index in [1.54, 1.807) is 18.4 Å². The second kappa shape index (κ2) is 4.93. The highest BCUT2D eigenvalue weighted by Gasteiger charge is 2.42. The number of aromatic nitrogens is 2. The lowest BCUT2D eigenvalue weighted by atomic mass is 10.0. The summed E-state index contributed by atoms with van der Waals surface area (Å²) in [7, 11) is -3.90. The van der Waals surface area contributed by atoms with Gasteiger partial charge in [0.05, 0.1) is 11.9 Å². The van der Waals surface area contributed by atoms with Gasteiger partial charge in [0.2, 0.25) is 10.0 Å². The highest BCUT2D eigenvalue weighted by Crippen LogP contribution is 2.37. The minimum atomic E-state index is -3.90. The van der Waals surface area contributed by atoms with Crippen molar-refractivity contribution >= 4 is 27.3 Å². The number of nitrogens with one attached hydrogen (secondary N) is 1. The van der Waals surface area contributed by atoms with Crippen molar-refractivity contribution < 1.29 is 18.3 Å². The maximum Gasteiger partial charge on any atom is 0.326 e. The molecule has 2 aromatic heterocycles. The van der Waals surface area contributed by atoms with E-state index in [9.17, 15) is 18.3 Å². The Morgan fingerprint density at radius 3 is 2.95 bits per heavy atom. The second-order valence-corrected chi connectivity index (χ2v) is 7.62. The summed E-state index contributed by atoms with van der Waals surface area (Å²) in [5.74, 6) is -1.17. The van der Waals surface area contributed by atoms with Crippen LogP contribution < -0.4 is 0 Å². The van der Waals surface area contributed by atoms with Gasteiger partial charge in [0, 0.05) is 11.4 Å². The number of carbonyl (C=O) groups is 1. The molecule has 1 atom stereocenters. The molecule has 0 spiro atoms. The maximum atomic E-state index is 12.7. The molecule has 0 saturated heterocycles. The Bertz CT molecular complexity index is 793. The molecule has 7 nitrogen and oxygen atoms in total. The van der Waals surface area contributed by atoms with Crippen molar-refractivity contribution in [3.8, 4) is 0 Å². The molecule has 21 heavy (non-hydrogen) atoms. The van der Waals surface area contributed by atoms with E-state index in [0.29, 0.717) is 17.7 Å². The third-order valence-electron chi connectivity index (χ3n) is 3.53. The van der Waals surface area contributed by atoms with Crippen molar-refractivity contribution in [1.82, 2.24) is 14.5 Å². The molecule has 1 aliphatic heterocycles. The van der Waals surface area contributed by atoms with Crippen LogP contribution in [0.2, 0.25) is 0 Å². The van der Waals surface area contributed by atoms with Crippen LogP contribution in [0.4, 0.5) is 0 Å². The van der Waals surface area contributed by atoms with Gasteiger partial charge in [-0.3, -0.25) is 9.89 Å². The zero-order valence-electron chi connectivity index (χ0n) is 11.1. The molecule has 2 aromatic rings. The number of hydrogen-bond donors (Lipinski definition) is 2. The second-order valence-electron chi connectivity index (χ2n) is 4.76. The van der Waals surface area contributed by atoms with E-state index in [2.05, 4.69) is 10.2 Å². The number of carboxylic acids is 1. The lowest BCUT2D eigenvalue weighted by Crippen LogP contribution is -2.43. The summed E-state index contributed by atoms with van der Waals surface area (Å²) in [5.41, 5.74) is 0.957. The zero-order chi connectivity index (χ0) is 15.2. The van der Waals surface area contributed by atoms with Crippen LogP contribution >= 0.6 is 11.3 Å². The number of rotatable bonds is 3. The minimum Gasteiger partial charge on any atom is -0.480 e. The zero-order valence-corrected chi connectivity index (χ0v) is 12.7. The normalized spacial score (nSPS) is 19.4. The molecule has 0 amide bonds. The van der Waals surface area contributed by atoms with Crippen LogP contribution in [-0.4, -0.2) is 40.5 Å². The average molecular weight is 327 g/mol. The summed E-state index contributed by atoms with van der Waals surface area (Å²) in [4.78, 5) is 12.6. The van der Waals surface area contributed by atoms with Gasteiger partial charge >= 0.3 is 5.97 Å². The van der Waals surface area contributed by atoms with Crippen molar-refractivity contribution in [1.29, 1.82) is 0 Å². The number of hydrogen-bond acceptors (Lipinski definition) is 5. The van der Waals surface area contributed by atoms with Crippen LogP contribution in [0.3, 0.4) is 0 Å². The van der Waals surface area contributed by atoms with E-state index < -0.39 is 22.0 Å². The first-order chi connectivity index (χ1) is 9.93. The number of aromatic amines is 1. The van der Waals surface area contributed by atoms with Gasteiger partial charge in [0.15, 0.2) is 0 Å². The fourth-order valence-corrected chi connectivity index (χ4v) is 5.12. The Labute approximate surface area is 125 Å². The quantitative estimate of drug-likeness (QED) is 0.880. The highest BCUT2D eigenvalue weighted by molar-refractivity contribution is 7.89. The molecule has 112 valence electrons. The summed E-state index contributed by atoms with van der Waals surface area (Å²) in [6.07, 6.45) is 1.74. The number of thiophene rings is 1. The molecule has 3 rings (SSSR count). The average Bonchev–Trinajstić information content (AvgIpc) is 3.05. The molecule has 0 saturated carbocycles. The summed E-state index contributed by atoms with van der Waals surface area (Å²) in [6, 6.07) is 0.502. The van der Waals surface area contributed by atoms with Crippen molar-refractivity contribution in [2.75, 3.05) is 6.54 Å². The fourth-order valence-electron chi connectivity index (χ4n) is 2.53. The SMILES string of the molecule is Cc1[nH]ncc1S(=O)(=O)N1CCc2sccc2C1C(=O)O. The van der Waals surface area contributed by atoms with Crippen molar-refractivity contribution in [2.45, 2.75) is 24.3 Å². The van der Waals surface area contributed by atoms with E-state index in [1.807, 2.05) is 0 Å². The highest BCUT2D eigenvalue weighted by atomic mass is 32.2. The summed E-state index contributed by atoms with van der Waals surface area (Å²) in [6.45, 7) is 1.74. The van der Waals surface area contributed by atoms with E-state index in [4.69, 9.17) is 0 Å². The molecule has 0 bridgehead atoms. The molecule has 9 heteroatoms. The van der Waals surface area contributed by atoms with Gasteiger partial charge in [0.1, 0.15) is 10.9 Å². The van der Waals surface area contributed by atoms with E-state index in [0.717, 1.165) is 9.18 Å². The molecule has 0 aromatic carbocycles. The Morgan fingerprint density at radius 2 is 2.33 bits per heavy atom. The van der Waals surface area contributed by atoms with Crippen molar-refractivity contribution in [2.24, 2.45) is 0 Å². The summed E-state index contributed by atoms with van der Waals surface area (Å²) in [5, 5.41) is 17.6. The molecule has 0 radical (unpaired) electrons. The van der Waals surface area contributed by atoms with Gasteiger partial charge in [-0.2, -0.15) is 9.40 Å². The minimum absolute atomic E-state index is 0.0208. The topological polar surface area (TPSA) is 103 Å². The predicted octanol–water partition coefficient (Wildman–Crippen LogP) is 1.15.